The lowest BCUT2D eigenvalue weighted by atomic mass is 10.1. The predicted octanol–water partition coefficient (Wildman–Crippen LogP) is 0.0964. The zero-order valence-electron chi connectivity index (χ0n) is 11.6. The van der Waals surface area contributed by atoms with Gasteiger partial charge in [0.05, 0.1) is 12.1 Å². The number of hydrogen-bond acceptors (Lipinski definition) is 3. The molecule has 1 atom stereocenters. The normalized spacial score (nSPS) is 17.8. The maximum atomic E-state index is 13.9. The Balaban J connectivity index is 2.31. The Kier molecular flexibility index (Phi) is 4.55. The summed E-state index contributed by atoms with van der Waals surface area (Å²) in [5.41, 5.74) is 5.72. The molecule has 0 spiro atoms. The lowest BCUT2D eigenvalue weighted by Crippen LogP contribution is -2.55. The summed E-state index contributed by atoms with van der Waals surface area (Å²) >= 11 is 0. The van der Waals surface area contributed by atoms with Gasteiger partial charge in [-0.2, -0.15) is 0 Å². The van der Waals surface area contributed by atoms with Crippen LogP contribution in [0.2, 0.25) is 0 Å². The van der Waals surface area contributed by atoms with E-state index in [9.17, 15) is 14.0 Å². The van der Waals surface area contributed by atoms with Crippen molar-refractivity contribution in [2.45, 2.75) is 13.0 Å². The number of piperazine rings is 1. The predicted molar refractivity (Wildman–Crippen MR) is 75.8 cm³/mol. The number of benzene rings is 1. The maximum Gasteiger partial charge on any atom is 0.257 e. The van der Waals surface area contributed by atoms with Gasteiger partial charge in [-0.25, -0.2) is 4.39 Å². The molecule has 1 fully saturated rings. The minimum Gasteiger partial charge on any atom is -0.353 e. The van der Waals surface area contributed by atoms with Crippen molar-refractivity contribution in [2.24, 2.45) is 5.73 Å². The third-order valence-electron chi connectivity index (χ3n) is 3.29. The fraction of sp³-hybridized carbons (Fsp3) is 0.333. The van der Waals surface area contributed by atoms with Gasteiger partial charge in [0.1, 0.15) is 11.9 Å². The van der Waals surface area contributed by atoms with Gasteiger partial charge in [0.25, 0.3) is 5.91 Å². The van der Waals surface area contributed by atoms with E-state index in [0.717, 1.165) is 0 Å². The molecule has 0 aliphatic carbocycles. The Morgan fingerprint density at radius 3 is 3.05 bits per heavy atom. The third-order valence-corrected chi connectivity index (χ3v) is 3.29. The molecule has 6 heteroatoms. The van der Waals surface area contributed by atoms with Crippen LogP contribution >= 0.6 is 0 Å². The Bertz CT molecular complexity index is 634. The molecule has 0 aromatic heterocycles. The zero-order chi connectivity index (χ0) is 15.4. The molecular weight excluding hydrogens is 273 g/mol. The molecule has 1 aliphatic rings. The summed E-state index contributed by atoms with van der Waals surface area (Å²) in [6.45, 7) is 2.51. The van der Waals surface area contributed by atoms with Gasteiger partial charge in [0.15, 0.2) is 0 Å². The number of carbonyl (C=O) groups excluding carboxylic acids is 2. The fourth-order valence-electron chi connectivity index (χ4n) is 2.13. The molecule has 3 N–H and O–H groups in total. The van der Waals surface area contributed by atoms with Crippen LogP contribution in [0, 0.1) is 17.7 Å². The van der Waals surface area contributed by atoms with E-state index in [4.69, 9.17) is 5.73 Å². The average molecular weight is 289 g/mol. The monoisotopic (exact) mass is 289 g/mol. The van der Waals surface area contributed by atoms with Gasteiger partial charge in [0.2, 0.25) is 5.91 Å². The van der Waals surface area contributed by atoms with Crippen LogP contribution in [0.3, 0.4) is 0 Å². The van der Waals surface area contributed by atoms with Crippen LogP contribution in [0.25, 0.3) is 0 Å². The third kappa shape index (κ3) is 3.20. The molecule has 2 amide bonds. The lowest BCUT2D eigenvalue weighted by molar-refractivity contribution is -0.127. The van der Waals surface area contributed by atoms with E-state index in [-0.39, 0.29) is 18.0 Å². The highest BCUT2D eigenvalue weighted by atomic mass is 19.1. The van der Waals surface area contributed by atoms with E-state index in [0.29, 0.717) is 18.7 Å². The van der Waals surface area contributed by atoms with Crippen LogP contribution in [-0.2, 0) is 4.79 Å². The van der Waals surface area contributed by atoms with Crippen LogP contribution in [0.15, 0.2) is 18.2 Å². The van der Waals surface area contributed by atoms with Gasteiger partial charge in [-0.1, -0.05) is 11.8 Å². The molecule has 110 valence electrons. The minimum atomic E-state index is -0.628. The topological polar surface area (TPSA) is 75.4 Å². The minimum absolute atomic E-state index is 0.0830. The molecule has 1 heterocycles. The van der Waals surface area contributed by atoms with Gasteiger partial charge >= 0.3 is 0 Å². The second kappa shape index (κ2) is 6.37. The zero-order valence-corrected chi connectivity index (χ0v) is 11.6. The van der Waals surface area contributed by atoms with Gasteiger partial charge in [-0.3, -0.25) is 9.59 Å². The van der Waals surface area contributed by atoms with Crippen molar-refractivity contribution in [3.05, 3.63) is 35.1 Å². The fourth-order valence-corrected chi connectivity index (χ4v) is 2.13. The first-order valence-electron chi connectivity index (χ1n) is 6.61. The molecular formula is C15H16FN3O2. The van der Waals surface area contributed by atoms with Crippen LogP contribution in [0.1, 0.15) is 22.8 Å². The Hall–Kier alpha value is -2.39. The van der Waals surface area contributed by atoms with Gasteiger partial charge in [-0.15, -0.1) is 0 Å². The van der Waals surface area contributed by atoms with E-state index in [1.54, 1.807) is 6.92 Å². The van der Waals surface area contributed by atoms with Crippen molar-refractivity contribution in [3.63, 3.8) is 0 Å². The Morgan fingerprint density at radius 2 is 2.33 bits per heavy atom. The molecule has 1 aromatic rings. The number of halogens is 1. The van der Waals surface area contributed by atoms with Crippen LogP contribution in [0.4, 0.5) is 4.39 Å². The molecule has 0 bridgehead atoms. The molecule has 0 saturated carbocycles. The summed E-state index contributed by atoms with van der Waals surface area (Å²) in [7, 11) is 0. The highest BCUT2D eigenvalue weighted by molar-refractivity contribution is 5.98. The largest absolute Gasteiger partial charge is 0.353 e. The first-order chi connectivity index (χ1) is 10.0. The average Bonchev–Trinajstić information content (AvgIpc) is 2.48. The number of nitrogens with zero attached hydrogens (tertiary/aromatic N) is 1. The van der Waals surface area contributed by atoms with Gasteiger partial charge < -0.3 is 16.0 Å². The highest BCUT2D eigenvalue weighted by Crippen LogP contribution is 2.16. The van der Waals surface area contributed by atoms with Crippen molar-refractivity contribution in [1.82, 2.24) is 10.2 Å². The van der Waals surface area contributed by atoms with Crippen LogP contribution < -0.4 is 11.1 Å². The first kappa shape index (κ1) is 15.0. The second-order valence-electron chi connectivity index (χ2n) is 4.67. The number of carbonyl (C=O) groups is 2. The molecule has 2 rings (SSSR count). The van der Waals surface area contributed by atoms with Gasteiger partial charge in [0, 0.05) is 18.7 Å². The maximum absolute atomic E-state index is 13.9. The summed E-state index contributed by atoms with van der Waals surface area (Å²) in [6.07, 6.45) is 0. The van der Waals surface area contributed by atoms with Crippen LogP contribution in [0.5, 0.6) is 0 Å². The highest BCUT2D eigenvalue weighted by Gasteiger charge is 2.31. The number of nitrogens with two attached hydrogens (primary N) is 1. The quantitative estimate of drug-likeness (QED) is 0.720. The number of hydrogen-bond donors (Lipinski definition) is 2. The summed E-state index contributed by atoms with van der Waals surface area (Å²) < 4.78 is 13.9. The number of rotatable bonds is 1. The van der Waals surface area contributed by atoms with E-state index >= 15 is 0 Å². The van der Waals surface area contributed by atoms with Crippen molar-refractivity contribution in [2.75, 3.05) is 19.6 Å². The van der Waals surface area contributed by atoms with E-state index in [1.165, 1.54) is 23.1 Å². The molecule has 1 saturated heterocycles. The molecule has 1 aromatic carbocycles. The van der Waals surface area contributed by atoms with E-state index in [1.807, 2.05) is 0 Å². The Labute approximate surface area is 122 Å². The molecule has 0 radical (unpaired) electrons. The summed E-state index contributed by atoms with van der Waals surface area (Å²) in [5.74, 6) is 4.03. The van der Waals surface area contributed by atoms with Gasteiger partial charge in [-0.05, 0) is 25.1 Å². The molecule has 1 aliphatic heterocycles. The first-order valence-corrected chi connectivity index (χ1v) is 6.61. The molecule has 1 unspecified atom stereocenters. The Morgan fingerprint density at radius 1 is 1.57 bits per heavy atom. The summed E-state index contributed by atoms with van der Waals surface area (Å²) in [5, 5.41) is 2.66. The molecule has 21 heavy (non-hydrogen) atoms. The smallest absolute Gasteiger partial charge is 0.257 e. The SMILES string of the molecule is CC1C(=O)NCCN1C(=O)c1cc(C#CCN)ccc1F. The molecule has 5 nitrogen and oxygen atoms in total. The number of amides is 2. The van der Waals surface area contributed by atoms with Crippen molar-refractivity contribution in [1.29, 1.82) is 0 Å². The van der Waals surface area contributed by atoms with Crippen molar-refractivity contribution in [3.8, 4) is 11.8 Å². The summed E-state index contributed by atoms with van der Waals surface area (Å²) in [6, 6.07) is 3.45. The van der Waals surface area contributed by atoms with Crippen LogP contribution in [-0.4, -0.2) is 42.4 Å². The standard InChI is InChI=1S/C15H16FN3O2/c1-10-14(20)18-7-8-19(10)15(21)12-9-11(3-2-6-17)4-5-13(12)16/h4-5,9-10H,6-8,17H2,1H3,(H,18,20). The van der Waals surface area contributed by atoms with E-state index in [2.05, 4.69) is 17.2 Å². The van der Waals surface area contributed by atoms with Crippen molar-refractivity contribution < 1.29 is 14.0 Å². The van der Waals surface area contributed by atoms with E-state index < -0.39 is 17.8 Å². The van der Waals surface area contributed by atoms with Crippen molar-refractivity contribution >= 4 is 11.8 Å². The number of nitrogens with one attached hydrogen (secondary N) is 1. The second-order valence-corrected chi connectivity index (χ2v) is 4.67. The lowest BCUT2D eigenvalue weighted by Gasteiger charge is -2.32. The summed E-state index contributed by atoms with van der Waals surface area (Å²) in [4.78, 5) is 25.4.